The third-order valence-electron chi connectivity index (χ3n) is 9.54. The topological polar surface area (TPSA) is 86.8 Å². The Hall–Kier alpha value is -3.45. The number of imide groups is 1. The molecule has 2 saturated heterocycles. The molecule has 1 N–H and O–H groups in total. The van der Waals surface area contributed by atoms with E-state index in [0.29, 0.717) is 29.5 Å². The number of carbonyl (C=O) groups is 4. The first-order chi connectivity index (χ1) is 20.1. The highest BCUT2D eigenvalue weighted by Crippen LogP contribution is 2.44. The monoisotopic (exact) mass is 587 g/mol. The number of amides is 4. The summed E-state index contributed by atoms with van der Waals surface area (Å²) in [6, 6.07) is 13.3. The Balaban J connectivity index is 1.09. The van der Waals surface area contributed by atoms with Crippen molar-refractivity contribution in [3.63, 3.8) is 0 Å². The van der Waals surface area contributed by atoms with Gasteiger partial charge in [-0.2, -0.15) is 0 Å². The van der Waals surface area contributed by atoms with Crippen molar-refractivity contribution in [3.05, 3.63) is 75.3 Å². The predicted molar refractivity (Wildman–Crippen MR) is 161 cm³/mol. The molecule has 0 saturated carbocycles. The largest absolute Gasteiger partial charge is 0.339 e. The van der Waals surface area contributed by atoms with Crippen LogP contribution < -0.4 is 5.32 Å². The standard InChI is InChI=1S/C34H38ClN3O4/c1-34(2)14-11-27(28(19-34)23-4-6-25(35)7-5-23)32(41)37-15-12-21(13-16-37)17-22-3-8-26-24(18-22)20-38(33(26)42)29-9-10-30(39)36-31(29)40/h3-8,18,21,29H,9-17,19-20H2,1-2H3,(H,36,39,40). The van der Waals surface area contributed by atoms with E-state index in [2.05, 4.69) is 25.2 Å². The number of carbonyl (C=O) groups excluding carboxylic acids is 4. The summed E-state index contributed by atoms with van der Waals surface area (Å²) in [5.41, 5.74) is 6.13. The molecule has 3 aliphatic heterocycles. The maximum atomic E-state index is 13.8. The molecule has 6 rings (SSSR count). The lowest BCUT2D eigenvalue weighted by atomic mass is 9.72. The minimum atomic E-state index is -0.599. The Kier molecular flexibility index (Phi) is 7.73. The number of hydrogen-bond donors (Lipinski definition) is 1. The van der Waals surface area contributed by atoms with Gasteiger partial charge in [0.2, 0.25) is 17.7 Å². The molecule has 4 amide bonds. The number of nitrogens with one attached hydrogen (secondary N) is 1. The fourth-order valence-electron chi connectivity index (χ4n) is 7.07. The number of halogens is 1. The third kappa shape index (κ3) is 5.76. The van der Waals surface area contributed by atoms with Crippen LogP contribution in [0.25, 0.3) is 5.57 Å². The van der Waals surface area contributed by atoms with Gasteiger partial charge in [0.05, 0.1) is 0 Å². The minimum absolute atomic E-state index is 0.142. The van der Waals surface area contributed by atoms with Crippen LogP contribution in [0.4, 0.5) is 0 Å². The van der Waals surface area contributed by atoms with Gasteiger partial charge in [0, 0.05) is 42.2 Å². The smallest absolute Gasteiger partial charge is 0.255 e. The van der Waals surface area contributed by atoms with Crippen molar-refractivity contribution < 1.29 is 19.2 Å². The van der Waals surface area contributed by atoms with Crippen LogP contribution in [0.15, 0.2) is 48.0 Å². The summed E-state index contributed by atoms with van der Waals surface area (Å²) in [6.45, 7) is 6.44. The van der Waals surface area contributed by atoms with Gasteiger partial charge in [-0.15, -0.1) is 0 Å². The summed E-state index contributed by atoms with van der Waals surface area (Å²) in [7, 11) is 0. The van der Waals surface area contributed by atoms with Gasteiger partial charge < -0.3 is 9.80 Å². The first-order valence-corrected chi connectivity index (χ1v) is 15.5. The fraction of sp³-hybridized carbons (Fsp3) is 0.471. The molecule has 0 spiro atoms. The van der Waals surface area contributed by atoms with Gasteiger partial charge in [-0.25, -0.2) is 0 Å². The van der Waals surface area contributed by atoms with Gasteiger partial charge in [0.1, 0.15) is 6.04 Å². The SMILES string of the molecule is CC1(C)CCC(C(=O)N2CCC(Cc3ccc4c(c3)CN(C3CCC(=O)NC3=O)C4=O)CC2)=C(c2ccc(Cl)cc2)C1. The molecule has 1 aliphatic carbocycles. The number of rotatable bonds is 5. The molecule has 42 heavy (non-hydrogen) atoms. The number of likely N-dealkylation sites (tertiary alicyclic amines) is 1. The highest BCUT2D eigenvalue weighted by atomic mass is 35.5. The van der Waals surface area contributed by atoms with Gasteiger partial charge in [0.15, 0.2) is 0 Å². The maximum absolute atomic E-state index is 13.8. The number of benzene rings is 2. The van der Waals surface area contributed by atoms with Crippen LogP contribution in [0.2, 0.25) is 5.02 Å². The zero-order chi connectivity index (χ0) is 29.6. The third-order valence-corrected chi connectivity index (χ3v) is 9.79. The molecule has 8 heteroatoms. The van der Waals surface area contributed by atoms with Crippen LogP contribution in [0, 0.1) is 11.3 Å². The van der Waals surface area contributed by atoms with Gasteiger partial charge in [0.25, 0.3) is 5.91 Å². The van der Waals surface area contributed by atoms with Crippen LogP contribution in [0.1, 0.15) is 85.8 Å². The van der Waals surface area contributed by atoms with Crippen molar-refractivity contribution in [1.82, 2.24) is 15.1 Å². The summed E-state index contributed by atoms with van der Waals surface area (Å²) >= 11 is 6.15. The van der Waals surface area contributed by atoms with Crippen molar-refractivity contribution in [1.29, 1.82) is 0 Å². The highest BCUT2D eigenvalue weighted by Gasteiger charge is 2.39. The normalized spacial score (nSPS) is 22.8. The second-order valence-corrected chi connectivity index (χ2v) is 13.6. The fourth-order valence-corrected chi connectivity index (χ4v) is 7.20. The average Bonchev–Trinajstić information content (AvgIpc) is 3.28. The maximum Gasteiger partial charge on any atom is 0.255 e. The van der Waals surface area contributed by atoms with E-state index in [0.717, 1.165) is 73.9 Å². The highest BCUT2D eigenvalue weighted by molar-refractivity contribution is 6.30. The summed E-state index contributed by atoms with van der Waals surface area (Å²) in [6.07, 6.45) is 6.09. The molecule has 0 aromatic heterocycles. The van der Waals surface area contributed by atoms with Crippen molar-refractivity contribution >= 4 is 40.8 Å². The molecule has 0 bridgehead atoms. The molecule has 1 atom stereocenters. The first kappa shape index (κ1) is 28.7. The lowest BCUT2D eigenvalue weighted by molar-refractivity contribution is -0.137. The zero-order valence-corrected chi connectivity index (χ0v) is 25.1. The number of nitrogens with zero attached hydrogens (tertiary/aromatic N) is 2. The lowest BCUT2D eigenvalue weighted by Crippen LogP contribution is -2.52. The second kappa shape index (κ2) is 11.3. The van der Waals surface area contributed by atoms with E-state index in [1.54, 1.807) is 4.90 Å². The summed E-state index contributed by atoms with van der Waals surface area (Å²) in [4.78, 5) is 54.4. The van der Waals surface area contributed by atoms with Crippen LogP contribution in [-0.4, -0.2) is 52.6 Å². The van der Waals surface area contributed by atoms with E-state index >= 15 is 0 Å². The first-order valence-electron chi connectivity index (χ1n) is 15.1. The summed E-state index contributed by atoms with van der Waals surface area (Å²) < 4.78 is 0. The molecule has 7 nitrogen and oxygen atoms in total. The van der Waals surface area contributed by atoms with E-state index in [1.807, 2.05) is 41.3 Å². The summed E-state index contributed by atoms with van der Waals surface area (Å²) in [5.74, 6) is -0.168. The molecule has 220 valence electrons. The van der Waals surface area contributed by atoms with E-state index in [-0.39, 0.29) is 35.5 Å². The number of piperidine rings is 2. The Morgan fingerprint density at radius 1 is 1.00 bits per heavy atom. The quantitative estimate of drug-likeness (QED) is 0.465. The van der Waals surface area contributed by atoms with Crippen LogP contribution in [0.5, 0.6) is 0 Å². The molecule has 0 radical (unpaired) electrons. The number of fused-ring (bicyclic) bond motifs is 1. The van der Waals surface area contributed by atoms with E-state index in [4.69, 9.17) is 11.6 Å². The molecular weight excluding hydrogens is 550 g/mol. The molecular formula is C34H38ClN3O4. The minimum Gasteiger partial charge on any atom is -0.339 e. The lowest BCUT2D eigenvalue weighted by Gasteiger charge is -2.37. The molecule has 2 aromatic carbocycles. The van der Waals surface area contributed by atoms with E-state index in [9.17, 15) is 19.2 Å². The van der Waals surface area contributed by atoms with Gasteiger partial charge in [-0.1, -0.05) is 49.7 Å². The van der Waals surface area contributed by atoms with Crippen LogP contribution in [-0.2, 0) is 27.3 Å². The zero-order valence-electron chi connectivity index (χ0n) is 24.4. The van der Waals surface area contributed by atoms with Crippen molar-refractivity contribution in [2.75, 3.05) is 13.1 Å². The average molecular weight is 588 g/mol. The summed E-state index contributed by atoms with van der Waals surface area (Å²) in [5, 5.41) is 3.06. The molecule has 2 fully saturated rings. The van der Waals surface area contributed by atoms with Gasteiger partial charge in [-0.05, 0) is 96.7 Å². The Labute approximate surface area is 252 Å². The van der Waals surface area contributed by atoms with E-state index in [1.165, 1.54) is 5.56 Å². The van der Waals surface area contributed by atoms with Crippen LogP contribution in [0.3, 0.4) is 0 Å². The Morgan fingerprint density at radius 3 is 2.45 bits per heavy atom. The van der Waals surface area contributed by atoms with Crippen molar-refractivity contribution in [3.8, 4) is 0 Å². The number of allylic oxidation sites excluding steroid dienone is 1. The Bertz CT molecular complexity index is 1470. The van der Waals surface area contributed by atoms with Crippen LogP contribution >= 0.6 is 11.6 Å². The van der Waals surface area contributed by atoms with Gasteiger partial charge in [-0.3, -0.25) is 24.5 Å². The predicted octanol–water partition coefficient (Wildman–Crippen LogP) is 5.55. The van der Waals surface area contributed by atoms with Crippen molar-refractivity contribution in [2.45, 2.75) is 77.8 Å². The molecule has 3 heterocycles. The Morgan fingerprint density at radius 2 is 1.74 bits per heavy atom. The van der Waals surface area contributed by atoms with E-state index < -0.39 is 6.04 Å². The number of hydrogen-bond acceptors (Lipinski definition) is 4. The molecule has 1 unspecified atom stereocenters. The van der Waals surface area contributed by atoms with Gasteiger partial charge >= 0.3 is 0 Å². The second-order valence-electron chi connectivity index (χ2n) is 13.1. The van der Waals surface area contributed by atoms with Crippen molar-refractivity contribution in [2.24, 2.45) is 11.3 Å². The molecule has 4 aliphatic rings. The molecule has 2 aromatic rings.